The zero-order valence-electron chi connectivity index (χ0n) is 10.7. The van der Waals surface area contributed by atoms with E-state index in [0.717, 1.165) is 30.1 Å². The van der Waals surface area contributed by atoms with Crippen LogP contribution in [0.15, 0.2) is 29.2 Å². The monoisotopic (exact) mass is 280 g/mol. The summed E-state index contributed by atoms with van der Waals surface area (Å²) in [7, 11) is 1.08. The van der Waals surface area contributed by atoms with Crippen molar-refractivity contribution in [1.82, 2.24) is 9.78 Å². The first-order valence-corrected chi connectivity index (χ1v) is 5.59. The summed E-state index contributed by atoms with van der Waals surface area (Å²) in [5.41, 5.74) is -1.49. The number of aromatic nitrogens is 2. The van der Waals surface area contributed by atoms with Crippen LogP contribution in [-0.2, 0) is 4.74 Å². The summed E-state index contributed by atoms with van der Waals surface area (Å²) in [5, 5.41) is 3.63. The van der Waals surface area contributed by atoms with Crippen LogP contribution >= 0.6 is 0 Å². The second-order valence-electron chi connectivity index (χ2n) is 3.99. The molecule has 20 heavy (non-hydrogen) atoms. The first kappa shape index (κ1) is 13.9. The zero-order valence-corrected chi connectivity index (χ0v) is 10.7. The third kappa shape index (κ3) is 2.29. The minimum Gasteiger partial charge on any atom is -0.464 e. The van der Waals surface area contributed by atoms with Gasteiger partial charge in [-0.25, -0.2) is 18.3 Å². The Bertz CT molecular complexity index is 741. The van der Waals surface area contributed by atoms with Crippen LogP contribution in [0.25, 0.3) is 5.69 Å². The van der Waals surface area contributed by atoms with Gasteiger partial charge in [0.25, 0.3) is 0 Å². The second-order valence-corrected chi connectivity index (χ2v) is 3.99. The molecule has 0 aliphatic rings. The molecule has 1 aromatic carbocycles. The van der Waals surface area contributed by atoms with Gasteiger partial charge in [-0.2, -0.15) is 5.10 Å². The summed E-state index contributed by atoms with van der Waals surface area (Å²) in [6.07, 6.45) is 1.08. The number of hydrogen-bond acceptors (Lipinski definition) is 4. The fourth-order valence-corrected chi connectivity index (χ4v) is 1.62. The molecular weight excluding hydrogens is 270 g/mol. The number of rotatable bonds is 2. The van der Waals surface area contributed by atoms with E-state index in [1.54, 1.807) is 0 Å². The molecular formula is C13H10F2N2O3. The van der Waals surface area contributed by atoms with E-state index >= 15 is 0 Å². The Labute approximate surface area is 112 Å². The second kappa shape index (κ2) is 5.20. The lowest BCUT2D eigenvalue weighted by molar-refractivity contribution is 0.0590. The minimum absolute atomic E-state index is 0.210. The maximum Gasteiger partial charge on any atom is 0.362 e. The number of carbonyl (C=O) groups is 1. The molecule has 0 atom stereocenters. The van der Waals surface area contributed by atoms with Crippen LogP contribution in [0, 0.1) is 18.6 Å². The third-order valence-corrected chi connectivity index (χ3v) is 2.68. The molecule has 0 aliphatic carbocycles. The molecule has 104 valence electrons. The number of aryl methyl sites for hydroxylation is 1. The van der Waals surface area contributed by atoms with E-state index in [2.05, 4.69) is 9.84 Å². The van der Waals surface area contributed by atoms with Crippen molar-refractivity contribution in [1.29, 1.82) is 0 Å². The fraction of sp³-hybridized carbons (Fsp3) is 0.154. The summed E-state index contributed by atoms with van der Waals surface area (Å²) in [6, 6.07) is 3.34. The Morgan fingerprint density at radius 1 is 1.30 bits per heavy atom. The van der Waals surface area contributed by atoms with Crippen LogP contribution < -0.4 is 5.43 Å². The molecule has 0 bridgehead atoms. The van der Waals surface area contributed by atoms with Crippen molar-refractivity contribution in [2.75, 3.05) is 7.11 Å². The number of esters is 1. The van der Waals surface area contributed by atoms with Gasteiger partial charge in [0.1, 0.15) is 5.69 Å². The minimum atomic E-state index is -0.974. The number of nitrogens with zero attached hydrogens (tertiary/aromatic N) is 2. The molecule has 0 unspecified atom stereocenters. The quantitative estimate of drug-likeness (QED) is 0.784. The van der Waals surface area contributed by atoms with Gasteiger partial charge in [-0.3, -0.25) is 4.79 Å². The average Bonchev–Trinajstić information content (AvgIpc) is 2.44. The molecule has 0 amide bonds. The molecule has 0 N–H and O–H groups in total. The largest absolute Gasteiger partial charge is 0.464 e. The predicted molar refractivity (Wildman–Crippen MR) is 65.8 cm³/mol. The maximum atomic E-state index is 14.0. The lowest BCUT2D eigenvalue weighted by Gasteiger charge is -2.10. The van der Waals surface area contributed by atoms with Crippen molar-refractivity contribution in [3.63, 3.8) is 0 Å². The molecule has 2 rings (SSSR count). The highest BCUT2D eigenvalue weighted by molar-refractivity contribution is 5.86. The van der Waals surface area contributed by atoms with Crippen LogP contribution in [0.1, 0.15) is 16.1 Å². The predicted octanol–water partition coefficient (Wildman–Crippen LogP) is 1.61. The van der Waals surface area contributed by atoms with Crippen LogP contribution in [0.5, 0.6) is 0 Å². The molecule has 7 heteroatoms. The van der Waals surface area contributed by atoms with Crippen molar-refractivity contribution >= 4 is 5.97 Å². The number of carbonyl (C=O) groups excluding carboxylic acids is 1. The van der Waals surface area contributed by atoms with Gasteiger partial charge in [-0.15, -0.1) is 0 Å². The van der Waals surface area contributed by atoms with Crippen molar-refractivity contribution in [2.45, 2.75) is 6.92 Å². The van der Waals surface area contributed by atoms with Crippen LogP contribution in [0.2, 0.25) is 0 Å². The van der Waals surface area contributed by atoms with E-state index in [-0.39, 0.29) is 5.56 Å². The highest BCUT2D eigenvalue weighted by Crippen LogP contribution is 2.19. The molecule has 0 spiro atoms. The molecule has 0 saturated heterocycles. The number of ether oxygens (including phenoxy) is 1. The van der Waals surface area contributed by atoms with Gasteiger partial charge >= 0.3 is 5.97 Å². The van der Waals surface area contributed by atoms with Crippen LogP contribution in [0.3, 0.4) is 0 Å². The van der Waals surface area contributed by atoms with E-state index in [4.69, 9.17) is 0 Å². The number of methoxy groups -OCH3 is 1. The Kier molecular flexibility index (Phi) is 3.60. The SMILES string of the molecule is COC(=O)c1nn(-c2c(F)ccc(C)c2F)ccc1=O. The first-order valence-electron chi connectivity index (χ1n) is 5.59. The van der Waals surface area contributed by atoms with Crippen LogP contribution in [0.4, 0.5) is 8.78 Å². The fourth-order valence-electron chi connectivity index (χ4n) is 1.62. The average molecular weight is 280 g/mol. The summed E-state index contributed by atoms with van der Waals surface area (Å²) in [6.45, 7) is 1.46. The summed E-state index contributed by atoms with van der Waals surface area (Å²) in [4.78, 5) is 22.8. The summed E-state index contributed by atoms with van der Waals surface area (Å²) in [5.74, 6) is -2.66. The zero-order chi connectivity index (χ0) is 14.9. The Balaban J connectivity index is 2.69. The number of hydrogen-bond donors (Lipinski definition) is 0. The number of benzene rings is 1. The van der Waals surface area contributed by atoms with Crippen molar-refractivity contribution in [2.24, 2.45) is 0 Å². The maximum absolute atomic E-state index is 14.0. The van der Waals surface area contributed by atoms with E-state index in [0.29, 0.717) is 0 Å². The summed E-state index contributed by atoms with van der Waals surface area (Å²) < 4.78 is 32.9. The standard InChI is InChI=1S/C13H10F2N2O3/c1-7-3-4-8(14)12(10(7)15)17-6-5-9(18)11(16-17)13(19)20-2/h3-6H,1-2H3. The molecule has 1 heterocycles. The molecule has 0 aliphatic heterocycles. The smallest absolute Gasteiger partial charge is 0.362 e. The molecule has 2 aromatic rings. The highest BCUT2D eigenvalue weighted by Gasteiger charge is 2.18. The Morgan fingerprint density at radius 2 is 2.00 bits per heavy atom. The summed E-state index contributed by atoms with van der Waals surface area (Å²) >= 11 is 0. The van der Waals surface area contributed by atoms with Crippen molar-refractivity contribution < 1.29 is 18.3 Å². The Morgan fingerprint density at radius 3 is 2.65 bits per heavy atom. The van der Waals surface area contributed by atoms with E-state index in [1.165, 1.54) is 13.0 Å². The first-order chi connectivity index (χ1) is 9.45. The van der Waals surface area contributed by atoms with Crippen LogP contribution in [-0.4, -0.2) is 22.9 Å². The lowest BCUT2D eigenvalue weighted by atomic mass is 10.2. The highest BCUT2D eigenvalue weighted by atomic mass is 19.1. The van der Waals surface area contributed by atoms with E-state index in [1.807, 2.05) is 0 Å². The number of halogens is 2. The topological polar surface area (TPSA) is 61.2 Å². The molecule has 1 aromatic heterocycles. The Hall–Kier alpha value is -2.57. The molecule has 0 saturated carbocycles. The van der Waals surface area contributed by atoms with Gasteiger partial charge in [-0.05, 0) is 18.6 Å². The van der Waals surface area contributed by atoms with Crippen molar-refractivity contribution in [3.05, 3.63) is 57.5 Å². The van der Waals surface area contributed by atoms with Gasteiger partial charge in [0.2, 0.25) is 11.1 Å². The normalized spacial score (nSPS) is 10.4. The van der Waals surface area contributed by atoms with Gasteiger partial charge in [-0.1, -0.05) is 6.07 Å². The van der Waals surface area contributed by atoms with E-state index in [9.17, 15) is 18.4 Å². The lowest BCUT2D eigenvalue weighted by Crippen LogP contribution is -2.22. The molecule has 0 fully saturated rings. The third-order valence-electron chi connectivity index (χ3n) is 2.68. The van der Waals surface area contributed by atoms with Gasteiger partial charge in [0, 0.05) is 12.3 Å². The van der Waals surface area contributed by atoms with Gasteiger partial charge in [0.15, 0.2) is 11.6 Å². The molecule has 0 radical (unpaired) electrons. The van der Waals surface area contributed by atoms with Crippen molar-refractivity contribution in [3.8, 4) is 5.69 Å². The van der Waals surface area contributed by atoms with Gasteiger partial charge in [0.05, 0.1) is 7.11 Å². The van der Waals surface area contributed by atoms with E-state index < -0.39 is 34.4 Å². The van der Waals surface area contributed by atoms with Gasteiger partial charge < -0.3 is 4.74 Å². The molecule has 5 nitrogen and oxygen atoms in total.